The summed E-state index contributed by atoms with van der Waals surface area (Å²) in [7, 11) is 0. The molecule has 122 valence electrons. The van der Waals surface area contributed by atoms with Crippen molar-refractivity contribution in [3.05, 3.63) is 82.7 Å². The maximum Gasteiger partial charge on any atom is 0.258 e. The van der Waals surface area contributed by atoms with Crippen LogP contribution in [-0.2, 0) is 13.0 Å². The number of hydrogen-bond donors (Lipinski definition) is 2. The highest BCUT2D eigenvalue weighted by Gasteiger charge is 2.07. The molecule has 0 aliphatic carbocycles. The molecule has 4 heteroatoms. The molecule has 1 amide bonds. The van der Waals surface area contributed by atoms with Gasteiger partial charge >= 0.3 is 0 Å². The van der Waals surface area contributed by atoms with Crippen molar-refractivity contribution in [2.45, 2.75) is 13.0 Å². The van der Waals surface area contributed by atoms with E-state index in [0.29, 0.717) is 4.88 Å². The average molecular weight is 336 g/mol. The Morgan fingerprint density at radius 1 is 0.958 bits per heavy atom. The van der Waals surface area contributed by atoms with Crippen molar-refractivity contribution in [2.75, 3.05) is 6.54 Å². The van der Waals surface area contributed by atoms with Crippen molar-refractivity contribution in [3.63, 3.8) is 0 Å². The predicted octanol–water partition coefficient (Wildman–Crippen LogP) is 3.85. The lowest BCUT2D eigenvalue weighted by Crippen LogP contribution is -2.16. The SMILES string of the molecule is NC(=O)c1ccc(-c2cccc(CNCCc3ccccc3)c2)s1. The molecule has 0 atom stereocenters. The van der Waals surface area contributed by atoms with Crippen LogP contribution in [-0.4, -0.2) is 12.5 Å². The molecule has 3 aromatic rings. The minimum Gasteiger partial charge on any atom is -0.365 e. The highest BCUT2D eigenvalue weighted by atomic mass is 32.1. The van der Waals surface area contributed by atoms with Gasteiger partial charge in [-0.3, -0.25) is 4.79 Å². The van der Waals surface area contributed by atoms with E-state index in [1.54, 1.807) is 6.07 Å². The van der Waals surface area contributed by atoms with E-state index in [0.717, 1.165) is 30.0 Å². The summed E-state index contributed by atoms with van der Waals surface area (Å²) < 4.78 is 0. The number of thiophene rings is 1. The highest BCUT2D eigenvalue weighted by Crippen LogP contribution is 2.28. The Morgan fingerprint density at radius 2 is 1.75 bits per heavy atom. The molecule has 0 aliphatic rings. The first kappa shape index (κ1) is 16.4. The van der Waals surface area contributed by atoms with Crippen LogP contribution in [0, 0.1) is 0 Å². The van der Waals surface area contributed by atoms with E-state index >= 15 is 0 Å². The number of nitrogens with one attached hydrogen (secondary N) is 1. The first-order valence-electron chi connectivity index (χ1n) is 7.96. The molecule has 0 bridgehead atoms. The lowest BCUT2D eigenvalue weighted by Gasteiger charge is -2.07. The van der Waals surface area contributed by atoms with Gasteiger partial charge in [-0.25, -0.2) is 0 Å². The van der Waals surface area contributed by atoms with Crippen LogP contribution in [0.15, 0.2) is 66.7 Å². The maximum atomic E-state index is 11.2. The van der Waals surface area contributed by atoms with Gasteiger partial charge in [-0.05, 0) is 47.9 Å². The van der Waals surface area contributed by atoms with Crippen molar-refractivity contribution in [2.24, 2.45) is 5.73 Å². The van der Waals surface area contributed by atoms with Crippen LogP contribution in [0.2, 0.25) is 0 Å². The van der Waals surface area contributed by atoms with E-state index in [4.69, 9.17) is 5.73 Å². The quantitative estimate of drug-likeness (QED) is 0.644. The minimum absolute atomic E-state index is 0.370. The number of carbonyl (C=O) groups is 1. The number of benzene rings is 2. The zero-order chi connectivity index (χ0) is 16.8. The van der Waals surface area contributed by atoms with Crippen LogP contribution in [0.5, 0.6) is 0 Å². The van der Waals surface area contributed by atoms with E-state index < -0.39 is 0 Å². The summed E-state index contributed by atoms with van der Waals surface area (Å²) in [5, 5.41) is 3.48. The van der Waals surface area contributed by atoms with Gasteiger partial charge in [0.1, 0.15) is 0 Å². The maximum absolute atomic E-state index is 11.2. The highest BCUT2D eigenvalue weighted by molar-refractivity contribution is 7.17. The predicted molar refractivity (Wildman–Crippen MR) is 100 cm³/mol. The Hall–Kier alpha value is -2.43. The summed E-state index contributed by atoms with van der Waals surface area (Å²) in [4.78, 5) is 12.9. The zero-order valence-electron chi connectivity index (χ0n) is 13.4. The Balaban J connectivity index is 1.57. The number of hydrogen-bond acceptors (Lipinski definition) is 3. The molecule has 0 fully saturated rings. The van der Waals surface area contributed by atoms with E-state index in [1.807, 2.05) is 18.2 Å². The van der Waals surface area contributed by atoms with Gasteiger partial charge in [-0.1, -0.05) is 48.5 Å². The van der Waals surface area contributed by atoms with E-state index in [9.17, 15) is 4.79 Å². The summed E-state index contributed by atoms with van der Waals surface area (Å²) in [6, 6.07) is 22.6. The number of rotatable bonds is 7. The van der Waals surface area contributed by atoms with Gasteiger partial charge in [0.2, 0.25) is 0 Å². The number of nitrogens with two attached hydrogens (primary N) is 1. The summed E-state index contributed by atoms with van der Waals surface area (Å²) in [6.07, 6.45) is 1.02. The Bertz CT molecular complexity index is 811. The summed E-state index contributed by atoms with van der Waals surface area (Å²) in [6.45, 7) is 1.77. The molecular formula is C20H20N2OS. The molecule has 0 aliphatic heterocycles. The van der Waals surface area contributed by atoms with Gasteiger partial charge in [0.15, 0.2) is 0 Å². The molecule has 0 unspecified atom stereocenters. The molecule has 0 saturated heterocycles. The second-order valence-electron chi connectivity index (χ2n) is 5.64. The molecule has 1 heterocycles. The Morgan fingerprint density at radius 3 is 2.50 bits per heavy atom. The summed E-state index contributed by atoms with van der Waals surface area (Å²) in [5.74, 6) is -0.370. The van der Waals surface area contributed by atoms with Crippen LogP contribution in [0.3, 0.4) is 0 Å². The van der Waals surface area contributed by atoms with E-state index in [2.05, 4.69) is 47.8 Å². The fourth-order valence-corrected chi connectivity index (χ4v) is 3.42. The third kappa shape index (κ3) is 4.31. The first-order valence-corrected chi connectivity index (χ1v) is 8.77. The van der Waals surface area contributed by atoms with Crippen molar-refractivity contribution in [1.82, 2.24) is 5.32 Å². The molecule has 0 spiro atoms. The smallest absolute Gasteiger partial charge is 0.258 e. The van der Waals surface area contributed by atoms with Crippen molar-refractivity contribution < 1.29 is 4.79 Å². The molecule has 0 radical (unpaired) electrons. The average Bonchev–Trinajstić information content (AvgIpc) is 3.10. The molecule has 2 aromatic carbocycles. The zero-order valence-corrected chi connectivity index (χ0v) is 14.2. The summed E-state index contributed by atoms with van der Waals surface area (Å²) >= 11 is 1.43. The molecule has 3 N–H and O–H groups in total. The minimum atomic E-state index is -0.370. The normalized spacial score (nSPS) is 10.7. The Labute approximate surface area is 146 Å². The topological polar surface area (TPSA) is 55.1 Å². The van der Waals surface area contributed by atoms with Gasteiger partial charge in [-0.2, -0.15) is 0 Å². The Kier molecular flexibility index (Phi) is 5.41. The van der Waals surface area contributed by atoms with Crippen LogP contribution >= 0.6 is 11.3 Å². The van der Waals surface area contributed by atoms with Crippen molar-refractivity contribution in [1.29, 1.82) is 0 Å². The third-order valence-electron chi connectivity index (χ3n) is 3.82. The molecule has 0 saturated carbocycles. The van der Waals surface area contributed by atoms with Gasteiger partial charge in [-0.15, -0.1) is 11.3 Å². The van der Waals surface area contributed by atoms with Gasteiger partial charge in [0, 0.05) is 11.4 Å². The number of primary amides is 1. The lowest BCUT2D eigenvalue weighted by atomic mass is 10.1. The van der Waals surface area contributed by atoms with Crippen LogP contribution in [0.25, 0.3) is 10.4 Å². The van der Waals surface area contributed by atoms with E-state index in [-0.39, 0.29) is 5.91 Å². The fourth-order valence-electron chi connectivity index (χ4n) is 2.57. The standard InChI is InChI=1S/C20H20N2OS/c21-20(23)19-10-9-18(24-19)17-8-4-7-16(13-17)14-22-12-11-15-5-2-1-3-6-15/h1-10,13,22H,11-12,14H2,(H2,21,23). The summed E-state index contributed by atoms with van der Waals surface area (Å²) in [5.41, 5.74) is 9.02. The largest absolute Gasteiger partial charge is 0.365 e. The van der Waals surface area contributed by atoms with E-state index in [1.165, 1.54) is 22.5 Å². The molecule has 3 nitrogen and oxygen atoms in total. The monoisotopic (exact) mass is 336 g/mol. The third-order valence-corrected chi connectivity index (χ3v) is 4.97. The molecule has 3 rings (SSSR count). The van der Waals surface area contributed by atoms with Crippen molar-refractivity contribution in [3.8, 4) is 10.4 Å². The molecular weight excluding hydrogens is 316 g/mol. The van der Waals surface area contributed by atoms with Crippen LogP contribution in [0.4, 0.5) is 0 Å². The molecule has 1 aromatic heterocycles. The fraction of sp³-hybridized carbons (Fsp3) is 0.150. The first-order chi connectivity index (χ1) is 11.7. The van der Waals surface area contributed by atoms with Gasteiger partial charge in [0.25, 0.3) is 5.91 Å². The lowest BCUT2D eigenvalue weighted by molar-refractivity contribution is 0.100. The number of carbonyl (C=O) groups excluding carboxylic acids is 1. The molecule has 24 heavy (non-hydrogen) atoms. The second kappa shape index (κ2) is 7.90. The second-order valence-corrected chi connectivity index (χ2v) is 6.72. The van der Waals surface area contributed by atoms with Crippen molar-refractivity contribution >= 4 is 17.2 Å². The van der Waals surface area contributed by atoms with Gasteiger partial charge < -0.3 is 11.1 Å². The van der Waals surface area contributed by atoms with Crippen LogP contribution < -0.4 is 11.1 Å². The number of amides is 1. The van der Waals surface area contributed by atoms with Crippen LogP contribution in [0.1, 0.15) is 20.8 Å². The van der Waals surface area contributed by atoms with Gasteiger partial charge in [0.05, 0.1) is 4.88 Å².